The molecule has 21 heavy (non-hydrogen) atoms. The van der Waals surface area contributed by atoms with Crippen LogP contribution >= 0.6 is 0 Å². The SMILES string of the molecule is C=CCCn1c(CC=C)nc2c(N3CCCC3)ncnc21. The largest absolute Gasteiger partial charge is 0.355 e. The molecule has 3 heterocycles. The fourth-order valence-corrected chi connectivity index (χ4v) is 2.87. The van der Waals surface area contributed by atoms with Gasteiger partial charge >= 0.3 is 0 Å². The van der Waals surface area contributed by atoms with Gasteiger partial charge in [0.15, 0.2) is 17.0 Å². The normalized spacial score (nSPS) is 14.8. The molecule has 0 N–H and O–H groups in total. The van der Waals surface area contributed by atoms with E-state index in [0.717, 1.165) is 55.3 Å². The lowest BCUT2D eigenvalue weighted by Crippen LogP contribution is -2.19. The van der Waals surface area contributed by atoms with Gasteiger partial charge in [0, 0.05) is 26.1 Å². The van der Waals surface area contributed by atoms with E-state index in [2.05, 4.69) is 32.6 Å². The predicted molar refractivity (Wildman–Crippen MR) is 85.5 cm³/mol. The molecule has 0 unspecified atom stereocenters. The van der Waals surface area contributed by atoms with E-state index in [1.165, 1.54) is 12.8 Å². The van der Waals surface area contributed by atoms with Gasteiger partial charge in [-0.1, -0.05) is 12.2 Å². The third kappa shape index (κ3) is 2.55. The van der Waals surface area contributed by atoms with Crippen molar-refractivity contribution < 1.29 is 0 Å². The van der Waals surface area contributed by atoms with Crippen LogP contribution in [0.3, 0.4) is 0 Å². The molecule has 0 amide bonds. The van der Waals surface area contributed by atoms with Crippen molar-refractivity contribution in [1.29, 1.82) is 0 Å². The molecule has 110 valence electrons. The highest BCUT2D eigenvalue weighted by Gasteiger charge is 2.20. The zero-order valence-corrected chi connectivity index (χ0v) is 12.3. The molecular formula is C16H21N5. The maximum Gasteiger partial charge on any atom is 0.165 e. The second-order valence-corrected chi connectivity index (χ2v) is 5.31. The lowest BCUT2D eigenvalue weighted by molar-refractivity contribution is 0.688. The zero-order valence-electron chi connectivity index (χ0n) is 12.3. The number of hydrogen-bond acceptors (Lipinski definition) is 4. The van der Waals surface area contributed by atoms with Gasteiger partial charge in [-0.3, -0.25) is 0 Å². The number of allylic oxidation sites excluding steroid dienone is 2. The van der Waals surface area contributed by atoms with Crippen molar-refractivity contribution in [2.75, 3.05) is 18.0 Å². The predicted octanol–water partition coefficient (Wildman–Crippen LogP) is 2.73. The minimum atomic E-state index is 0.743. The first-order chi connectivity index (χ1) is 10.3. The first-order valence-electron chi connectivity index (χ1n) is 7.52. The van der Waals surface area contributed by atoms with E-state index in [4.69, 9.17) is 4.98 Å². The highest BCUT2D eigenvalue weighted by atomic mass is 15.2. The summed E-state index contributed by atoms with van der Waals surface area (Å²) in [6, 6.07) is 0. The van der Waals surface area contributed by atoms with Gasteiger partial charge in [-0.15, -0.1) is 13.2 Å². The summed E-state index contributed by atoms with van der Waals surface area (Å²) < 4.78 is 2.17. The summed E-state index contributed by atoms with van der Waals surface area (Å²) in [5.41, 5.74) is 1.84. The van der Waals surface area contributed by atoms with Crippen LogP contribution in [0.5, 0.6) is 0 Å². The van der Waals surface area contributed by atoms with Gasteiger partial charge in [0.1, 0.15) is 12.2 Å². The average molecular weight is 283 g/mol. The third-order valence-corrected chi connectivity index (χ3v) is 3.88. The van der Waals surface area contributed by atoms with E-state index >= 15 is 0 Å². The molecule has 1 saturated heterocycles. The summed E-state index contributed by atoms with van der Waals surface area (Å²) in [5, 5.41) is 0. The molecule has 0 bridgehead atoms. The summed E-state index contributed by atoms with van der Waals surface area (Å²) in [4.78, 5) is 16.0. The van der Waals surface area contributed by atoms with E-state index < -0.39 is 0 Å². The van der Waals surface area contributed by atoms with E-state index in [1.807, 2.05) is 12.2 Å². The van der Waals surface area contributed by atoms with Crippen LogP contribution in [0.15, 0.2) is 31.6 Å². The fraction of sp³-hybridized carbons (Fsp3) is 0.438. The average Bonchev–Trinajstić information content (AvgIpc) is 3.13. The third-order valence-electron chi connectivity index (χ3n) is 3.88. The van der Waals surface area contributed by atoms with Crippen molar-refractivity contribution >= 4 is 17.0 Å². The minimum absolute atomic E-state index is 0.743. The number of anilines is 1. The van der Waals surface area contributed by atoms with Crippen LogP contribution in [-0.4, -0.2) is 32.6 Å². The standard InChI is InChI=1S/C16H21N5/c1-3-5-11-21-13(8-4-2)19-14-15(17-12-18-16(14)21)20-9-6-7-10-20/h3-4,12H,1-2,5-11H2. The molecule has 1 fully saturated rings. The number of imidazole rings is 1. The Morgan fingerprint density at radius 1 is 1.14 bits per heavy atom. The second kappa shape index (κ2) is 6.08. The highest BCUT2D eigenvalue weighted by molar-refractivity contribution is 5.84. The fourth-order valence-electron chi connectivity index (χ4n) is 2.87. The molecule has 0 aromatic carbocycles. The molecule has 0 saturated carbocycles. The van der Waals surface area contributed by atoms with E-state index in [-0.39, 0.29) is 0 Å². The van der Waals surface area contributed by atoms with E-state index in [0.29, 0.717) is 0 Å². The lowest BCUT2D eigenvalue weighted by atomic mass is 10.3. The van der Waals surface area contributed by atoms with Gasteiger partial charge in [0.05, 0.1) is 0 Å². The molecule has 2 aromatic heterocycles. The molecule has 3 rings (SSSR count). The summed E-state index contributed by atoms with van der Waals surface area (Å²) >= 11 is 0. The number of aromatic nitrogens is 4. The number of nitrogens with zero attached hydrogens (tertiary/aromatic N) is 5. The zero-order chi connectivity index (χ0) is 14.7. The van der Waals surface area contributed by atoms with Crippen LogP contribution in [0, 0.1) is 0 Å². The van der Waals surface area contributed by atoms with Gasteiger partial charge in [-0.25, -0.2) is 15.0 Å². The van der Waals surface area contributed by atoms with Gasteiger partial charge in [-0.05, 0) is 19.3 Å². The van der Waals surface area contributed by atoms with Crippen LogP contribution < -0.4 is 4.90 Å². The quantitative estimate of drug-likeness (QED) is 0.765. The molecule has 1 aliphatic heterocycles. The first kappa shape index (κ1) is 13.8. The molecule has 5 nitrogen and oxygen atoms in total. The van der Waals surface area contributed by atoms with Crippen molar-refractivity contribution in [1.82, 2.24) is 19.5 Å². The number of rotatable bonds is 6. The molecule has 0 spiro atoms. The van der Waals surface area contributed by atoms with Crippen LogP contribution in [0.1, 0.15) is 25.1 Å². The van der Waals surface area contributed by atoms with Crippen molar-refractivity contribution in [2.24, 2.45) is 0 Å². The van der Waals surface area contributed by atoms with Gasteiger partial charge < -0.3 is 9.47 Å². The van der Waals surface area contributed by atoms with Crippen molar-refractivity contribution in [3.05, 3.63) is 37.5 Å². The Kier molecular flexibility index (Phi) is 3.99. The van der Waals surface area contributed by atoms with Crippen molar-refractivity contribution in [3.8, 4) is 0 Å². The Morgan fingerprint density at radius 2 is 1.95 bits per heavy atom. The van der Waals surface area contributed by atoms with Crippen LogP contribution in [-0.2, 0) is 13.0 Å². The van der Waals surface area contributed by atoms with Gasteiger partial charge in [-0.2, -0.15) is 0 Å². The van der Waals surface area contributed by atoms with Crippen LogP contribution in [0.25, 0.3) is 11.2 Å². The van der Waals surface area contributed by atoms with Crippen LogP contribution in [0.4, 0.5) is 5.82 Å². The maximum atomic E-state index is 4.79. The molecule has 0 aliphatic carbocycles. The van der Waals surface area contributed by atoms with Crippen molar-refractivity contribution in [3.63, 3.8) is 0 Å². The lowest BCUT2D eigenvalue weighted by Gasteiger charge is -2.15. The molecule has 0 radical (unpaired) electrons. The summed E-state index contributed by atoms with van der Waals surface area (Å²) in [5.74, 6) is 1.97. The number of hydrogen-bond donors (Lipinski definition) is 0. The van der Waals surface area contributed by atoms with E-state index in [1.54, 1.807) is 6.33 Å². The Labute approximate surface area is 125 Å². The molecular weight excluding hydrogens is 262 g/mol. The maximum absolute atomic E-state index is 4.79. The highest BCUT2D eigenvalue weighted by Crippen LogP contribution is 2.26. The topological polar surface area (TPSA) is 46.8 Å². The second-order valence-electron chi connectivity index (χ2n) is 5.31. The summed E-state index contributed by atoms with van der Waals surface area (Å²) in [7, 11) is 0. The Morgan fingerprint density at radius 3 is 2.67 bits per heavy atom. The van der Waals surface area contributed by atoms with Gasteiger partial charge in [0.25, 0.3) is 0 Å². The van der Waals surface area contributed by atoms with E-state index in [9.17, 15) is 0 Å². The van der Waals surface area contributed by atoms with Crippen LogP contribution in [0.2, 0.25) is 0 Å². The number of aryl methyl sites for hydroxylation is 1. The first-order valence-corrected chi connectivity index (χ1v) is 7.52. The molecule has 2 aromatic rings. The monoisotopic (exact) mass is 283 g/mol. The Balaban J connectivity index is 2.10. The number of fused-ring (bicyclic) bond motifs is 1. The summed E-state index contributed by atoms with van der Waals surface area (Å²) in [6.07, 6.45) is 9.55. The molecule has 0 atom stereocenters. The summed E-state index contributed by atoms with van der Waals surface area (Å²) in [6.45, 7) is 10.6. The molecule has 1 aliphatic rings. The molecule has 5 heteroatoms. The smallest absolute Gasteiger partial charge is 0.165 e. The Bertz CT molecular complexity index is 652. The van der Waals surface area contributed by atoms with Crippen molar-refractivity contribution in [2.45, 2.75) is 32.2 Å². The van der Waals surface area contributed by atoms with Gasteiger partial charge in [0.2, 0.25) is 0 Å². The minimum Gasteiger partial charge on any atom is -0.355 e. The Hall–Kier alpha value is -2.17.